The van der Waals surface area contributed by atoms with Crippen molar-refractivity contribution in [2.24, 2.45) is 5.92 Å². The molecule has 13 heteroatoms. The van der Waals surface area contributed by atoms with Crippen molar-refractivity contribution in [3.63, 3.8) is 0 Å². The number of aromatic nitrogens is 1. The van der Waals surface area contributed by atoms with Crippen molar-refractivity contribution in [2.45, 2.75) is 25.1 Å². The van der Waals surface area contributed by atoms with Gasteiger partial charge in [0.1, 0.15) is 5.82 Å². The lowest BCUT2D eigenvalue weighted by molar-refractivity contribution is -0.137. The number of nitrogens with one attached hydrogen (secondary N) is 1. The molecule has 0 amide bonds. The first-order valence-electron chi connectivity index (χ1n) is 10.4. The summed E-state index contributed by atoms with van der Waals surface area (Å²) in [5.74, 6) is 0.798. The van der Waals surface area contributed by atoms with Crippen LogP contribution >= 0.6 is 0 Å². The van der Waals surface area contributed by atoms with Gasteiger partial charge in [0, 0.05) is 44.3 Å². The zero-order valence-electron chi connectivity index (χ0n) is 18.2. The summed E-state index contributed by atoms with van der Waals surface area (Å²) >= 11 is 0. The second-order valence-electron chi connectivity index (χ2n) is 8.02. The number of carbonyl (C=O) groups is 1. The summed E-state index contributed by atoms with van der Waals surface area (Å²) in [5.41, 5.74) is 0.319. The largest absolute Gasteiger partial charge is 0.503 e. The van der Waals surface area contributed by atoms with Gasteiger partial charge < -0.3 is 15.1 Å². The average molecular weight is 503 g/mol. The molecule has 0 spiro atoms. The summed E-state index contributed by atoms with van der Waals surface area (Å²) < 4.78 is 67.9. The Kier molecular flexibility index (Phi) is 7.68. The van der Waals surface area contributed by atoms with Crippen LogP contribution in [-0.4, -0.2) is 66.3 Å². The van der Waals surface area contributed by atoms with E-state index in [2.05, 4.69) is 9.71 Å². The lowest BCUT2D eigenvalue weighted by Crippen LogP contribution is -2.52. The van der Waals surface area contributed by atoms with Crippen molar-refractivity contribution in [2.75, 3.05) is 31.1 Å². The van der Waals surface area contributed by atoms with Crippen molar-refractivity contribution >= 4 is 22.2 Å². The number of anilines is 1. The van der Waals surface area contributed by atoms with E-state index in [1.807, 2.05) is 37.3 Å². The molecule has 4 rings (SSSR count). The van der Waals surface area contributed by atoms with Crippen LogP contribution in [0.5, 0.6) is 0 Å². The Labute approximate surface area is 195 Å². The minimum atomic E-state index is -4.43. The third-order valence-corrected chi connectivity index (χ3v) is 7.44. The van der Waals surface area contributed by atoms with E-state index in [1.54, 1.807) is 4.90 Å². The summed E-state index contributed by atoms with van der Waals surface area (Å²) in [6, 6.07) is 12.0. The number of nitrogens with zero attached hydrogens (tertiary/aromatic N) is 3. The third kappa shape index (κ3) is 6.36. The molecule has 34 heavy (non-hydrogen) atoms. The molecule has 9 nitrogen and oxygen atoms in total. The predicted molar refractivity (Wildman–Crippen MR) is 118 cm³/mol. The Balaban J connectivity index is 0.000000751. The van der Waals surface area contributed by atoms with Crippen molar-refractivity contribution < 1.29 is 36.6 Å². The number of hydrogen-bond acceptors (Lipinski definition) is 5. The normalized spacial score (nSPS) is 23.1. The van der Waals surface area contributed by atoms with E-state index in [0.29, 0.717) is 18.9 Å². The number of halogens is 3. The Morgan fingerprint density at radius 3 is 2.15 bits per heavy atom. The summed E-state index contributed by atoms with van der Waals surface area (Å²) in [7, 11) is -3.64. The van der Waals surface area contributed by atoms with Crippen LogP contribution in [0.25, 0.3) is 0 Å². The molecule has 1 aromatic carbocycles. The second kappa shape index (κ2) is 10.2. The minimum Gasteiger partial charge on any atom is -0.450 e. The maximum absolute atomic E-state index is 12.8. The second-order valence-corrected chi connectivity index (χ2v) is 9.72. The molecule has 2 heterocycles. The van der Waals surface area contributed by atoms with Crippen molar-refractivity contribution in [3.8, 4) is 0 Å². The molecule has 1 aliphatic heterocycles. The first-order valence-corrected chi connectivity index (χ1v) is 11.9. The topological polar surface area (TPSA) is 123 Å². The zero-order valence-corrected chi connectivity index (χ0v) is 19.0. The van der Waals surface area contributed by atoms with Gasteiger partial charge in [-0.2, -0.15) is 30.6 Å². The minimum absolute atomic E-state index is 0.132. The van der Waals surface area contributed by atoms with Gasteiger partial charge in [-0.05, 0) is 23.6 Å². The fraction of sp³-hybridized carbons (Fsp3) is 0.429. The van der Waals surface area contributed by atoms with Crippen LogP contribution in [0, 0.1) is 5.92 Å². The molecule has 3 N–H and O–H groups in total. The summed E-state index contributed by atoms with van der Waals surface area (Å²) in [4.78, 5) is 14.2. The van der Waals surface area contributed by atoms with Gasteiger partial charge in [-0.1, -0.05) is 37.3 Å². The van der Waals surface area contributed by atoms with Crippen LogP contribution in [0.2, 0.25) is 0 Å². The van der Waals surface area contributed by atoms with Gasteiger partial charge in [-0.25, -0.2) is 9.78 Å². The van der Waals surface area contributed by atoms with Crippen LogP contribution in [0.3, 0.4) is 0 Å². The van der Waals surface area contributed by atoms with Gasteiger partial charge >= 0.3 is 12.3 Å². The molecule has 0 bridgehead atoms. The highest BCUT2D eigenvalue weighted by Crippen LogP contribution is 2.47. The Bertz CT molecular complexity index is 1070. The molecule has 1 saturated carbocycles. The molecule has 1 aromatic heterocycles. The molecular weight excluding hydrogens is 477 g/mol. The molecule has 1 saturated heterocycles. The van der Waals surface area contributed by atoms with Gasteiger partial charge in [0.15, 0.2) is 0 Å². The molecule has 2 aromatic rings. The molecule has 2 aliphatic rings. The Morgan fingerprint density at radius 2 is 1.65 bits per heavy atom. The van der Waals surface area contributed by atoms with Crippen LogP contribution in [-0.2, 0) is 16.4 Å². The highest BCUT2D eigenvalue weighted by atomic mass is 32.2. The number of pyridine rings is 1. The predicted octanol–water partition coefficient (Wildman–Crippen LogP) is 3.08. The lowest BCUT2D eigenvalue weighted by Gasteiger charge is -2.34. The zero-order chi connectivity index (χ0) is 25.1. The number of piperazine rings is 1. The van der Waals surface area contributed by atoms with E-state index in [1.165, 1.54) is 10.4 Å². The van der Waals surface area contributed by atoms with Gasteiger partial charge in [-0.15, -0.1) is 0 Å². The van der Waals surface area contributed by atoms with E-state index in [9.17, 15) is 21.6 Å². The molecule has 3 atom stereocenters. The molecule has 2 fully saturated rings. The smallest absolute Gasteiger partial charge is 0.450 e. The van der Waals surface area contributed by atoms with Gasteiger partial charge in [0.05, 0.1) is 5.56 Å². The lowest BCUT2D eigenvalue weighted by atomic mass is 10.1. The van der Waals surface area contributed by atoms with Gasteiger partial charge in [0.2, 0.25) is 0 Å². The fourth-order valence-corrected chi connectivity index (χ4v) is 5.47. The molecule has 186 valence electrons. The van der Waals surface area contributed by atoms with E-state index in [0.717, 1.165) is 17.8 Å². The number of benzene rings is 1. The number of hydrogen-bond donors (Lipinski definition) is 3. The first kappa shape index (κ1) is 25.7. The molecule has 1 aliphatic carbocycles. The van der Waals surface area contributed by atoms with Crippen molar-refractivity contribution in [1.82, 2.24) is 14.0 Å². The van der Waals surface area contributed by atoms with E-state index < -0.39 is 28.1 Å². The first-order chi connectivity index (χ1) is 15.9. The molecule has 0 radical (unpaired) electrons. The average Bonchev–Trinajstić information content (AvgIpc) is 3.41. The highest BCUT2D eigenvalue weighted by Gasteiger charge is 2.50. The van der Waals surface area contributed by atoms with Crippen LogP contribution in [0.1, 0.15) is 24.0 Å². The van der Waals surface area contributed by atoms with Gasteiger partial charge in [-0.3, -0.25) is 0 Å². The van der Waals surface area contributed by atoms with E-state index in [-0.39, 0.29) is 31.0 Å². The quantitative estimate of drug-likeness (QED) is 0.574. The summed E-state index contributed by atoms with van der Waals surface area (Å²) in [6.07, 6.45) is -5.46. The monoisotopic (exact) mass is 502 g/mol. The van der Waals surface area contributed by atoms with Crippen molar-refractivity contribution in [3.05, 3.63) is 59.8 Å². The number of carboxylic acid groups (broad SMARTS) is 2. The number of rotatable bonds is 5. The van der Waals surface area contributed by atoms with Crippen LogP contribution < -0.4 is 9.62 Å². The van der Waals surface area contributed by atoms with Crippen LogP contribution in [0.4, 0.5) is 23.8 Å². The number of alkyl halides is 3. The standard InChI is InChI=1S/C20H23F3N4O2S.CH2O3/c1-14-18(15-5-3-2-4-6-15)19(14)25-30(28,29)27-11-9-26(10-12-27)17-8-7-16(13-24-17)20(21,22)23;2-1(3)4/h2-8,13-14,18-19,25H,9-12H2,1H3;(H2,2,3,4)/t14-,18-,19+;/m1./s1. The molecule has 0 unspecified atom stereocenters. The fourth-order valence-electron chi connectivity index (χ4n) is 3.97. The SMILES string of the molecule is C[C@H]1[C@H](NS(=O)(=O)N2CCN(c3ccc(C(F)(F)F)cn3)CC2)[C@H]1c1ccccc1.O=C(O)O. The van der Waals surface area contributed by atoms with Gasteiger partial charge in [0.25, 0.3) is 10.2 Å². The summed E-state index contributed by atoms with van der Waals surface area (Å²) in [6.45, 7) is 3.24. The van der Waals surface area contributed by atoms with E-state index in [4.69, 9.17) is 15.0 Å². The van der Waals surface area contributed by atoms with Crippen molar-refractivity contribution in [1.29, 1.82) is 0 Å². The Morgan fingerprint density at radius 1 is 1.06 bits per heavy atom. The summed E-state index contributed by atoms with van der Waals surface area (Å²) in [5, 5.41) is 13.9. The highest BCUT2D eigenvalue weighted by molar-refractivity contribution is 7.87. The maximum Gasteiger partial charge on any atom is 0.503 e. The van der Waals surface area contributed by atoms with Crippen LogP contribution in [0.15, 0.2) is 48.7 Å². The third-order valence-electron chi connectivity index (χ3n) is 5.83. The maximum atomic E-state index is 12.8. The molecular formula is C21H25F3N4O5S. The van der Waals surface area contributed by atoms with E-state index >= 15 is 0 Å². The Hall–Kier alpha value is -2.90.